The lowest BCUT2D eigenvalue weighted by Crippen LogP contribution is -2.17. The predicted molar refractivity (Wildman–Crippen MR) is 98.5 cm³/mol. The molecule has 0 amide bonds. The molecule has 1 aromatic rings. The Kier molecular flexibility index (Phi) is 7.15. The Bertz CT molecular complexity index is 588. The van der Waals surface area contributed by atoms with Gasteiger partial charge in [0.2, 0.25) is 0 Å². The van der Waals surface area contributed by atoms with Gasteiger partial charge in [-0.15, -0.1) is 0 Å². The van der Waals surface area contributed by atoms with Crippen molar-refractivity contribution in [1.29, 1.82) is 0 Å². The number of rotatable bonds is 5. The fourth-order valence-electron chi connectivity index (χ4n) is 2.01. The van der Waals surface area contributed by atoms with Crippen LogP contribution in [0.2, 0.25) is 0 Å². The third-order valence-corrected chi connectivity index (χ3v) is 3.33. The van der Waals surface area contributed by atoms with E-state index in [0.29, 0.717) is 0 Å². The Balaban J connectivity index is 2.57. The summed E-state index contributed by atoms with van der Waals surface area (Å²) in [6.07, 6.45) is 6.24. The Labute approximate surface area is 136 Å². The predicted octanol–water partition coefficient (Wildman–Crippen LogP) is 5.15. The molecule has 0 aromatic heterocycles. The highest BCUT2D eigenvalue weighted by molar-refractivity contribution is 5.63. The van der Waals surface area contributed by atoms with Gasteiger partial charge in [-0.1, -0.05) is 48.3 Å². The molecule has 1 aromatic carbocycles. The monoisotopic (exact) mass is 295 g/mol. The van der Waals surface area contributed by atoms with Crippen LogP contribution in [-0.4, -0.2) is 18.5 Å². The molecule has 0 unspecified atom stereocenters. The van der Waals surface area contributed by atoms with E-state index in [2.05, 4.69) is 94.8 Å². The average Bonchev–Trinajstić information content (AvgIpc) is 2.45. The molecule has 0 bridgehead atoms. The molecule has 0 aliphatic heterocycles. The zero-order valence-electron chi connectivity index (χ0n) is 14.9. The minimum absolute atomic E-state index is 0.0708. The van der Waals surface area contributed by atoms with E-state index in [1.54, 1.807) is 0 Å². The second kappa shape index (κ2) is 8.61. The maximum atomic E-state index is 3.21. The number of benzene rings is 1. The van der Waals surface area contributed by atoms with Crippen molar-refractivity contribution >= 4 is 5.57 Å². The van der Waals surface area contributed by atoms with Crippen LogP contribution in [0.5, 0.6) is 0 Å². The first-order chi connectivity index (χ1) is 10.3. The summed E-state index contributed by atoms with van der Waals surface area (Å²) in [6.45, 7) is 12.5. The van der Waals surface area contributed by atoms with Gasteiger partial charge in [-0.05, 0) is 64.4 Å². The van der Waals surface area contributed by atoms with Crippen LogP contribution >= 0.6 is 0 Å². The highest BCUT2D eigenvalue weighted by Gasteiger charge is 2.02. The topological polar surface area (TPSA) is 3.24 Å². The van der Waals surface area contributed by atoms with Gasteiger partial charge >= 0.3 is 0 Å². The largest absolute Gasteiger partial charge is 0.298 e. The van der Waals surface area contributed by atoms with Crippen LogP contribution in [0, 0.1) is 17.3 Å². The maximum absolute atomic E-state index is 3.21. The van der Waals surface area contributed by atoms with Crippen LogP contribution in [0.15, 0.2) is 42.5 Å². The minimum Gasteiger partial charge on any atom is -0.298 e. The summed E-state index contributed by atoms with van der Waals surface area (Å²) in [7, 11) is 2.14. The Morgan fingerprint density at radius 2 is 2.00 bits per heavy atom. The van der Waals surface area contributed by atoms with E-state index in [1.807, 2.05) is 6.08 Å². The van der Waals surface area contributed by atoms with E-state index in [0.717, 1.165) is 13.1 Å². The lowest BCUT2D eigenvalue weighted by molar-refractivity contribution is 0.363. The standard InChI is InChI=1S/C21H29N/c1-7-18(2)20-13-11-12-19(16-20)17-22(6)15-10-8-9-14-21(3,4)5/h7-8,10-13,16H,15,17H2,1-6H3/b10-8?,18-7-. The second-order valence-electron chi connectivity index (χ2n) is 6.79. The minimum atomic E-state index is 0.0708. The molecule has 0 fully saturated rings. The van der Waals surface area contributed by atoms with E-state index in [1.165, 1.54) is 16.7 Å². The highest BCUT2D eigenvalue weighted by Crippen LogP contribution is 2.16. The molecule has 0 radical (unpaired) electrons. The summed E-state index contributed by atoms with van der Waals surface area (Å²) in [5.41, 5.74) is 4.04. The zero-order valence-corrected chi connectivity index (χ0v) is 14.9. The molecule has 0 saturated heterocycles. The second-order valence-corrected chi connectivity index (χ2v) is 6.79. The summed E-state index contributed by atoms with van der Waals surface area (Å²) in [4.78, 5) is 2.29. The molecule has 0 atom stereocenters. The molecule has 0 spiro atoms. The fraction of sp³-hybridized carbons (Fsp3) is 0.429. The number of hydrogen-bond acceptors (Lipinski definition) is 1. The van der Waals surface area contributed by atoms with Gasteiger partial charge in [0.1, 0.15) is 0 Å². The molecule has 118 valence electrons. The SMILES string of the molecule is C/C=C(/C)c1cccc(CN(C)CC=CC#CC(C)(C)C)c1. The van der Waals surface area contributed by atoms with Crippen molar-refractivity contribution in [2.24, 2.45) is 5.41 Å². The third kappa shape index (κ3) is 7.29. The zero-order chi connectivity index (χ0) is 16.6. The summed E-state index contributed by atoms with van der Waals surface area (Å²) in [5.74, 6) is 6.32. The maximum Gasteiger partial charge on any atom is 0.0234 e. The van der Waals surface area contributed by atoms with Crippen molar-refractivity contribution in [1.82, 2.24) is 4.90 Å². The van der Waals surface area contributed by atoms with Gasteiger partial charge in [0, 0.05) is 18.5 Å². The Morgan fingerprint density at radius 3 is 2.64 bits per heavy atom. The van der Waals surface area contributed by atoms with Gasteiger partial charge < -0.3 is 0 Å². The first kappa shape index (κ1) is 18.3. The normalized spacial score (nSPS) is 12.6. The molecule has 1 nitrogen and oxygen atoms in total. The van der Waals surface area contributed by atoms with Crippen molar-refractivity contribution < 1.29 is 0 Å². The van der Waals surface area contributed by atoms with Crippen molar-refractivity contribution in [3.63, 3.8) is 0 Å². The molecule has 22 heavy (non-hydrogen) atoms. The third-order valence-electron chi connectivity index (χ3n) is 3.33. The van der Waals surface area contributed by atoms with Crippen LogP contribution in [0.25, 0.3) is 5.57 Å². The molecular formula is C21H29N. The summed E-state index contributed by atoms with van der Waals surface area (Å²) in [6, 6.07) is 8.76. The van der Waals surface area contributed by atoms with Gasteiger partial charge in [-0.2, -0.15) is 0 Å². The lowest BCUT2D eigenvalue weighted by Gasteiger charge is -2.15. The van der Waals surface area contributed by atoms with Gasteiger partial charge in [0.25, 0.3) is 0 Å². The van der Waals surface area contributed by atoms with Gasteiger partial charge in [0.15, 0.2) is 0 Å². The van der Waals surface area contributed by atoms with Gasteiger partial charge in [0.05, 0.1) is 0 Å². The highest BCUT2D eigenvalue weighted by atomic mass is 15.1. The molecule has 1 heteroatoms. The number of likely N-dealkylation sites (N-methyl/N-ethyl adjacent to an activating group) is 1. The van der Waals surface area contributed by atoms with Crippen molar-refractivity contribution in [3.8, 4) is 11.8 Å². The smallest absolute Gasteiger partial charge is 0.0234 e. The van der Waals surface area contributed by atoms with Crippen molar-refractivity contribution in [2.45, 2.75) is 41.2 Å². The number of nitrogens with zero attached hydrogens (tertiary/aromatic N) is 1. The van der Waals surface area contributed by atoms with Crippen LogP contribution in [0.4, 0.5) is 0 Å². The van der Waals surface area contributed by atoms with Gasteiger partial charge in [-0.3, -0.25) is 4.90 Å². The first-order valence-corrected chi connectivity index (χ1v) is 7.90. The molecule has 0 N–H and O–H groups in total. The van der Waals surface area contributed by atoms with Crippen LogP contribution in [0.3, 0.4) is 0 Å². The van der Waals surface area contributed by atoms with Crippen molar-refractivity contribution in [2.75, 3.05) is 13.6 Å². The molecule has 0 saturated carbocycles. The first-order valence-electron chi connectivity index (χ1n) is 7.90. The van der Waals surface area contributed by atoms with Crippen LogP contribution in [0.1, 0.15) is 45.7 Å². The molecule has 0 aliphatic rings. The van der Waals surface area contributed by atoms with E-state index in [9.17, 15) is 0 Å². The van der Waals surface area contributed by atoms with Crippen LogP contribution in [-0.2, 0) is 6.54 Å². The van der Waals surface area contributed by atoms with E-state index >= 15 is 0 Å². The Morgan fingerprint density at radius 1 is 1.27 bits per heavy atom. The molecule has 0 aliphatic carbocycles. The van der Waals surface area contributed by atoms with E-state index in [4.69, 9.17) is 0 Å². The fourth-order valence-corrected chi connectivity index (χ4v) is 2.01. The summed E-state index contributed by atoms with van der Waals surface area (Å²) < 4.78 is 0. The summed E-state index contributed by atoms with van der Waals surface area (Å²) in [5, 5.41) is 0. The molecule has 1 rings (SSSR count). The number of hydrogen-bond donors (Lipinski definition) is 0. The summed E-state index contributed by atoms with van der Waals surface area (Å²) >= 11 is 0. The number of allylic oxidation sites excluding steroid dienone is 3. The Hall–Kier alpha value is -1.78. The van der Waals surface area contributed by atoms with E-state index < -0.39 is 0 Å². The van der Waals surface area contributed by atoms with Crippen LogP contribution < -0.4 is 0 Å². The van der Waals surface area contributed by atoms with Gasteiger partial charge in [-0.25, -0.2) is 0 Å². The molecule has 0 heterocycles. The van der Waals surface area contributed by atoms with Crippen molar-refractivity contribution in [3.05, 3.63) is 53.6 Å². The molecular weight excluding hydrogens is 266 g/mol. The lowest BCUT2D eigenvalue weighted by atomic mass is 9.98. The average molecular weight is 295 g/mol. The van der Waals surface area contributed by atoms with E-state index in [-0.39, 0.29) is 5.41 Å². The quantitative estimate of drug-likeness (QED) is 0.679.